The number of carbonyl (C=O) groups is 1. The maximum Gasteiger partial charge on any atom is 0.273 e. The summed E-state index contributed by atoms with van der Waals surface area (Å²) in [7, 11) is 0. The van der Waals surface area contributed by atoms with Crippen LogP contribution in [0.1, 0.15) is 32.7 Å². The number of aromatic nitrogens is 1. The van der Waals surface area contributed by atoms with Gasteiger partial charge in [-0.1, -0.05) is 42.0 Å². The molecule has 0 atom stereocenters. The molecule has 5 heteroatoms. The van der Waals surface area contributed by atoms with Crippen LogP contribution in [0.3, 0.4) is 0 Å². The maximum absolute atomic E-state index is 12.8. The molecule has 0 aliphatic carbocycles. The van der Waals surface area contributed by atoms with E-state index in [1.165, 1.54) is 33.6 Å². The van der Waals surface area contributed by atoms with E-state index >= 15 is 0 Å². The number of anilines is 2. The average Bonchev–Trinajstić information content (AvgIpc) is 3.11. The molecule has 2 aromatic carbocycles. The van der Waals surface area contributed by atoms with Gasteiger partial charge in [0.05, 0.1) is 0 Å². The largest absolute Gasteiger partial charge is 0.333 e. The van der Waals surface area contributed by atoms with Gasteiger partial charge in [0, 0.05) is 24.2 Å². The number of nitrogens with one attached hydrogen (secondary N) is 1. The maximum atomic E-state index is 12.8. The lowest BCUT2D eigenvalue weighted by Gasteiger charge is -2.28. The molecule has 4 nitrogen and oxygen atoms in total. The third-order valence-corrected chi connectivity index (χ3v) is 5.52. The predicted octanol–water partition coefficient (Wildman–Crippen LogP) is 4.70. The van der Waals surface area contributed by atoms with Crippen LogP contribution >= 0.6 is 11.3 Å². The molecular weight excluding hydrogens is 342 g/mol. The molecule has 3 aromatic rings. The quantitative estimate of drug-likeness (QED) is 0.733. The Hall–Kier alpha value is -2.66. The molecule has 1 amide bonds. The van der Waals surface area contributed by atoms with Gasteiger partial charge in [-0.25, -0.2) is 4.98 Å². The Morgan fingerprint density at radius 1 is 1.15 bits per heavy atom. The Balaban J connectivity index is 1.48. The zero-order valence-electron chi connectivity index (χ0n) is 15.0. The van der Waals surface area contributed by atoms with Gasteiger partial charge < -0.3 is 10.2 Å². The van der Waals surface area contributed by atoms with Crippen LogP contribution in [0, 0.1) is 13.8 Å². The lowest BCUT2D eigenvalue weighted by atomic mass is 10.00. The van der Waals surface area contributed by atoms with E-state index in [-0.39, 0.29) is 5.91 Å². The van der Waals surface area contributed by atoms with Gasteiger partial charge in [0.2, 0.25) is 0 Å². The third kappa shape index (κ3) is 3.35. The van der Waals surface area contributed by atoms with E-state index in [1.54, 1.807) is 0 Å². The minimum Gasteiger partial charge on any atom is -0.333 e. The average molecular weight is 363 g/mol. The fraction of sp³-hybridized carbons (Fsp3) is 0.238. The van der Waals surface area contributed by atoms with Crippen LogP contribution in [0.5, 0.6) is 0 Å². The minimum atomic E-state index is 0.00410. The Morgan fingerprint density at radius 2 is 1.96 bits per heavy atom. The summed E-state index contributed by atoms with van der Waals surface area (Å²) in [5.41, 5.74) is 6.51. The molecule has 1 N–H and O–H groups in total. The Kier molecular flexibility index (Phi) is 4.47. The number of carbonyl (C=O) groups excluding carboxylic acids is 1. The van der Waals surface area contributed by atoms with E-state index in [9.17, 15) is 4.79 Å². The van der Waals surface area contributed by atoms with Crippen molar-refractivity contribution in [2.45, 2.75) is 26.8 Å². The van der Waals surface area contributed by atoms with Crippen LogP contribution in [0.25, 0.3) is 0 Å². The number of hydrogen-bond donors (Lipinski definition) is 1. The standard InChI is InChI=1S/C21H21N3OS/c1-14-7-8-18(15(2)11-14)22-21-23-19(13-26-21)20(25)24-10-9-16-5-3-4-6-17(16)12-24/h3-8,11,13H,9-10,12H2,1-2H3,(H,22,23). The Bertz CT molecular complexity index is 963. The van der Waals surface area contributed by atoms with Gasteiger partial charge >= 0.3 is 0 Å². The highest BCUT2D eigenvalue weighted by Crippen LogP contribution is 2.26. The second-order valence-electron chi connectivity index (χ2n) is 6.73. The molecule has 26 heavy (non-hydrogen) atoms. The van der Waals surface area contributed by atoms with E-state index in [2.05, 4.69) is 60.5 Å². The number of benzene rings is 2. The van der Waals surface area contributed by atoms with Crippen LogP contribution in [0.15, 0.2) is 47.8 Å². The van der Waals surface area contributed by atoms with Crippen LogP contribution < -0.4 is 5.32 Å². The highest BCUT2D eigenvalue weighted by atomic mass is 32.1. The number of thiazole rings is 1. The number of aryl methyl sites for hydroxylation is 2. The predicted molar refractivity (Wildman–Crippen MR) is 106 cm³/mol. The summed E-state index contributed by atoms with van der Waals surface area (Å²) in [6, 6.07) is 14.6. The van der Waals surface area contributed by atoms with Gasteiger partial charge in [-0.05, 0) is 43.0 Å². The zero-order chi connectivity index (χ0) is 18.1. The molecule has 0 radical (unpaired) electrons. The summed E-state index contributed by atoms with van der Waals surface area (Å²) < 4.78 is 0. The second-order valence-corrected chi connectivity index (χ2v) is 7.58. The van der Waals surface area contributed by atoms with Crippen molar-refractivity contribution in [1.82, 2.24) is 9.88 Å². The van der Waals surface area contributed by atoms with Gasteiger partial charge in [-0.3, -0.25) is 4.79 Å². The van der Waals surface area contributed by atoms with E-state index in [0.717, 1.165) is 23.8 Å². The SMILES string of the molecule is Cc1ccc(Nc2nc(C(=O)N3CCc4ccccc4C3)cs2)c(C)c1. The molecule has 132 valence electrons. The number of nitrogens with zero attached hydrogens (tertiary/aromatic N) is 2. The summed E-state index contributed by atoms with van der Waals surface area (Å²) in [6.07, 6.45) is 0.902. The molecule has 0 saturated heterocycles. The summed E-state index contributed by atoms with van der Waals surface area (Å²) >= 11 is 1.47. The zero-order valence-corrected chi connectivity index (χ0v) is 15.8. The third-order valence-electron chi connectivity index (χ3n) is 4.76. The summed E-state index contributed by atoms with van der Waals surface area (Å²) in [5, 5.41) is 5.92. The first-order chi connectivity index (χ1) is 12.6. The lowest BCUT2D eigenvalue weighted by molar-refractivity contribution is 0.0729. The van der Waals surface area contributed by atoms with E-state index < -0.39 is 0 Å². The molecule has 0 fully saturated rings. The number of fused-ring (bicyclic) bond motifs is 1. The van der Waals surface area contributed by atoms with Crippen molar-refractivity contribution >= 4 is 28.1 Å². The first kappa shape index (κ1) is 16.8. The molecule has 0 saturated carbocycles. The topological polar surface area (TPSA) is 45.2 Å². The summed E-state index contributed by atoms with van der Waals surface area (Å²) in [4.78, 5) is 19.2. The summed E-state index contributed by atoms with van der Waals surface area (Å²) in [6.45, 7) is 5.55. The normalized spacial score (nSPS) is 13.4. The van der Waals surface area contributed by atoms with Crippen molar-refractivity contribution in [3.63, 3.8) is 0 Å². The smallest absolute Gasteiger partial charge is 0.273 e. The molecule has 1 aliphatic heterocycles. The lowest BCUT2D eigenvalue weighted by Crippen LogP contribution is -2.36. The Morgan fingerprint density at radius 3 is 2.77 bits per heavy atom. The molecule has 0 bridgehead atoms. The van der Waals surface area contributed by atoms with E-state index in [1.807, 2.05) is 16.3 Å². The Labute approximate surface area is 157 Å². The molecule has 2 heterocycles. The fourth-order valence-electron chi connectivity index (χ4n) is 3.33. The molecule has 1 aromatic heterocycles. The van der Waals surface area contributed by atoms with Crippen molar-refractivity contribution in [3.8, 4) is 0 Å². The molecule has 4 rings (SSSR count). The van der Waals surface area contributed by atoms with Crippen molar-refractivity contribution in [3.05, 3.63) is 75.8 Å². The first-order valence-electron chi connectivity index (χ1n) is 8.76. The van der Waals surface area contributed by atoms with Gasteiger partial charge in [0.1, 0.15) is 5.69 Å². The van der Waals surface area contributed by atoms with Crippen molar-refractivity contribution < 1.29 is 4.79 Å². The fourth-order valence-corrected chi connectivity index (χ4v) is 4.03. The minimum absolute atomic E-state index is 0.00410. The van der Waals surface area contributed by atoms with E-state index in [0.29, 0.717) is 12.2 Å². The second kappa shape index (κ2) is 6.92. The van der Waals surface area contributed by atoms with Crippen LogP contribution in [-0.2, 0) is 13.0 Å². The van der Waals surface area contributed by atoms with E-state index in [4.69, 9.17) is 0 Å². The summed E-state index contributed by atoms with van der Waals surface area (Å²) in [5.74, 6) is 0.00410. The van der Waals surface area contributed by atoms with Crippen LogP contribution in [0.2, 0.25) is 0 Å². The van der Waals surface area contributed by atoms with Crippen LogP contribution in [-0.4, -0.2) is 22.3 Å². The molecule has 1 aliphatic rings. The monoisotopic (exact) mass is 363 g/mol. The van der Waals surface area contributed by atoms with Crippen molar-refractivity contribution in [2.24, 2.45) is 0 Å². The highest BCUT2D eigenvalue weighted by molar-refractivity contribution is 7.14. The molecule has 0 unspecified atom stereocenters. The van der Waals surface area contributed by atoms with Crippen molar-refractivity contribution in [1.29, 1.82) is 0 Å². The molecular formula is C21H21N3OS. The van der Waals surface area contributed by atoms with Gasteiger partial charge in [-0.2, -0.15) is 0 Å². The highest BCUT2D eigenvalue weighted by Gasteiger charge is 2.23. The first-order valence-corrected chi connectivity index (χ1v) is 9.64. The van der Waals surface area contributed by atoms with Crippen molar-refractivity contribution in [2.75, 3.05) is 11.9 Å². The number of amides is 1. The van der Waals surface area contributed by atoms with Gasteiger partial charge in [0.25, 0.3) is 5.91 Å². The van der Waals surface area contributed by atoms with Crippen LogP contribution in [0.4, 0.5) is 10.8 Å². The molecule has 0 spiro atoms. The number of rotatable bonds is 3. The van der Waals surface area contributed by atoms with Gasteiger partial charge in [-0.15, -0.1) is 11.3 Å². The van der Waals surface area contributed by atoms with Gasteiger partial charge in [0.15, 0.2) is 5.13 Å². The number of hydrogen-bond acceptors (Lipinski definition) is 4.